The predicted molar refractivity (Wildman–Crippen MR) is 144 cm³/mol. The molecular weight excluding hydrogens is 521 g/mol. The molecule has 1 saturated heterocycles. The largest absolute Gasteiger partial charge is 0.356 e. The quantitative estimate of drug-likeness (QED) is 0.239. The van der Waals surface area contributed by atoms with Gasteiger partial charge in [-0.05, 0) is 61.9 Å². The van der Waals surface area contributed by atoms with Gasteiger partial charge in [-0.3, -0.25) is 19.2 Å². The minimum atomic E-state index is -0.979. The van der Waals surface area contributed by atoms with Crippen LogP contribution in [0, 0.1) is 17.7 Å². The van der Waals surface area contributed by atoms with Crippen molar-refractivity contribution in [2.45, 2.75) is 37.8 Å². The average Bonchev–Trinajstić information content (AvgIpc) is 3.31. The summed E-state index contributed by atoms with van der Waals surface area (Å²) in [4.78, 5) is 59.9. The molecule has 4 N–H and O–H groups in total. The van der Waals surface area contributed by atoms with Crippen LogP contribution < -0.4 is 16.0 Å². The molecule has 2 aromatic heterocycles. The first-order chi connectivity index (χ1) is 18.9. The zero-order valence-corrected chi connectivity index (χ0v) is 21.6. The highest BCUT2D eigenvalue weighted by atomic mass is 32.1. The van der Waals surface area contributed by atoms with E-state index in [-0.39, 0.29) is 40.1 Å². The molecule has 0 bridgehead atoms. The van der Waals surface area contributed by atoms with Crippen LogP contribution in [-0.2, 0) is 9.59 Å². The molecule has 1 aliphatic heterocycles. The standard InChI is InChI=1S/C28H26FN5O4S/c29-17-4-3-6-18-16(17)13-21(31-18)26(37)34-23(14-8-9-14)27(38)32-20(12-15-10-11-30-25(15)36)24(35)28-33-19-5-1-2-7-22(19)39-28/h1-7,13-15,20,23,31H,8-12H2,(H,30,36)(H,32,38)(H,34,37)/t15-,20-,23-/m0/s1. The molecule has 0 radical (unpaired) electrons. The van der Waals surface area contributed by atoms with Crippen molar-refractivity contribution in [3.05, 3.63) is 65.0 Å². The number of para-hydroxylation sites is 1. The van der Waals surface area contributed by atoms with Crippen LogP contribution in [0.25, 0.3) is 21.1 Å². The summed E-state index contributed by atoms with van der Waals surface area (Å²) in [5.74, 6) is -2.49. The van der Waals surface area contributed by atoms with Gasteiger partial charge in [-0.25, -0.2) is 9.37 Å². The summed E-state index contributed by atoms with van der Waals surface area (Å²) in [6.45, 7) is 0.519. The highest BCUT2D eigenvalue weighted by Crippen LogP contribution is 2.33. The maximum Gasteiger partial charge on any atom is 0.268 e. The maximum atomic E-state index is 14.1. The van der Waals surface area contributed by atoms with Gasteiger partial charge in [0.2, 0.25) is 17.6 Å². The summed E-state index contributed by atoms with van der Waals surface area (Å²) in [5.41, 5.74) is 1.30. The Labute approximate surface area is 226 Å². The molecule has 1 aliphatic carbocycles. The third-order valence-corrected chi connectivity index (χ3v) is 8.39. The Bertz CT molecular complexity index is 1580. The minimum absolute atomic E-state index is 0.0805. The zero-order chi connectivity index (χ0) is 27.1. The third-order valence-electron chi connectivity index (χ3n) is 7.34. The van der Waals surface area contributed by atoms with Gasteiger partial charge in [0.25, 0.3) is 5.91 Å². The number of fused-ring (bicyclic) bond motifs is 2. The van der Waals surface area contributed by atoms with Crippen molar-refractivity contribution in [2.24, 2.45) is 11.8 Å². The number of Topliss-reactive ketones (excluding diaryl/α,β-unsaturated/α-hetero) is 1. The number of halogens is 1. The molecule has 3 atom stereocenters. The molecule has 6 rings (SSSR count). The summed E-state index contributed by atoms with van der Waals surface area (Å²) in [6, 6.07) is 11.5. The molecule has 2 fully saturated rings. The third kappa shape index (κ3) is 5.14. The number of hydrogen-bond donors (Lipinski definition) is 4. The molecule has 0 spiro atoms. The normalized spacial score (nSPS) is 18.6. The zero-order valence-electron chi connectivity index (χ0n) is 20.8. The first kappa shape index (κ1) is 25.2. The number of benzene rings is 2. The van der Waals surface area contributed by atoms with Crippen molar-refractivity contribution >= 4 is 56.0 Å². The van der Waals surface area contributed by atoms with Gasteiger partial charge in [0.1, 0.15) is 17.6 Å². The van der Waals surface area contributed by atoms with Crippen LogP contribution in [0.1, 0.15) is 46.0 Å². The molecule has 3 amide bonds. The van der Waals surface area contributed by atoms with E-state index in [0.29, 0.717) is 24.0 Å². The minimum Gasteiger partial charge on any atom is -0.356 e. The molecule has 2 aromatic carbocycles. The Morgan fingerprint density at radius 3 is 2.62 bits per heavy atom. The van der Waals surface area contributed by atoms with Crippen molar-refractivity contribution in [2.75, 3.05) is 6.54 Å². The predicted octanol–water partition coefficient (Wildman–Crippen LogP) is 3.32. The molecule has 0 unspecified atom stereocenters. The monoisotopic (exact) mass is 547 g/mol. The highest BCUT2D eigenvalue weighted by molar-refractivity contribution is 7.20. The topological polar surface area (TPSA) is 133 Å². The first-order valence-corrected chi connectivity index (χ1v) is 13.7. The van der Waals surface area contributed by atoms with Gasteiger partial charge in [-0.1, -0.05) is 18.2 Å². The van der Waals surface area contributed by atoms with Crippen molar-refractivity contribution in [3.8, 4) is 0 Å². The van der Waals surface area contributed by atoms with Crippen LogP contribution in [0.2, 0.25) is 0 Å². The Kier molecular flexibility index (Phi) is 6.59. The summed E-state index contributed by atoms with van der Waals surface area (Å²) in [6.07, 6.45) is 2.21. The Balaban J connectivity index is 1.23. The van der Waals surface area contributed by atoms with E-state index in [4.69, 9.17) is 0 Å². The second-order valence-corrected chi connectivity index (χ2v) is 11.1. The van der Waals surface area contributed by atoms with Gasteiger partial charge in [-0.15, -0.1) is 11.3 Å². The van der Waals surface area contributed by atoms with E-state index in [1.807, 2.05) is 24.3 Å². The van der Waals surface area contributed by atoms with E-state index in [2.05, 4.69) is 25.9 Å². The fraction of sp³-hybridized carbons (Fsp3) is 0.321. The first-order valence-electron chi connectivity index (χ1n) is 12.9. The van der Waals surface area contributed by atoms with Gasteiger partial charge in [0.05, 0.1) is 16.3 Å². The van der Waals surface area contributed by atoms with Crippen LogP contribution >= 0.6 is 11.3 Å². The number of thiazole rings is 1. The van der Waals surface area contributed by atoms with Crippen LogP contribution in [0.4, 0.5) is 4.39 Å². The maximum absolute atomic E-state index is 14.1. The van der Waals surface area contributed by atoms with E-state index in [1.54, 1.807) is 12.1 Å². The van der Waals surface area contributed by atoms with Crippen LogP contribution in [-0.4, -0.2) is 52.1 Å². The Morgan fingerprint density at radius 1 is 1.08 bits per heavy atom. The van der Waals surface area contributed by atoms with Gasteiger partial charge >= 0.3 is 0 Å². The lowest BCUT2D eigenvalue weighted by atomic mass is 9.95. The number of nitrogens with one attached hydrogen (secondary N) is 4. The second-order valence-electron chi connectivity index (χ2n) is 10.1. The van der Waals surface area contributed by atoms with Crippen molar-refractivity contribution < 1.29 is 23.6 Å². The number of hydrogen-bond acceptors (Lipinski definition) is 6. The van der Waals surface area contributed by atoms with Gasteiger partial charge < -0.3 is 20.9 Å². The summed E-state index contributed by atoms with van der Waals surface area (Å²) in [7, 11) is 0. The summed E-state index contributed by atoms with van der Waals surface area (Å²) >= 11 is 1.24. The molecule has 4 aromatic rings. The van der Waals surface area contributed by atoms with Crippen molar-refractivity contribution in [1.82, 2.24) is 25.9 Å². The van der Waals surface area contributed by atoms with Crippen molar-refractivity contribution in [3.63, 3.8) is 0 Å². The summed E-state index contributed by atoms with van der Waals surface area (Å²) in [5, 5.41) is 8.93. The Hall–Kier alpha value is -4.12. The second kappa shape index (κ2) is 10.2. The fourth-order valence-corrected chi connectivity index (χ4v) is 6.02. The molecule has 39 heavy (non-hydrogen) atoms. The van der Waals surface area contributed by atoms with E-state index in [0.717, 1.165) is 17.5 Å². The molecule has 3 heterocycles. The Morgan fingerprint density at radius 2 is 1.90 bits per heavy atom. The molecule has 11 heteroatoms. The lowest BCUT2D eigenvalue weighted by Crippen LogP contribution is -2.53. The molecule has 1 saturated carbocycles. The average molecular weight is 548 g/mol. The molecule has 2 aliphatic rings. The van der Waals surface area contributed by atoms with E-state index in [9.17, 15) is 23.6 Å². The number of carbonyl (C=O) groups is 4. The van der Waals surface area contributed by atoms with E-state index in [1.165, 1.54) is 23.5 Å². The lowest BCUT2D eigenvalue weighted by molar-refractivity contribution is -0.125. The number of ketones is 1. The number of nitrogens with zero attached hydrogens (tertiary/aromatic N) is 1. The fourth-order valence-electron chi connectivity index (χ4n) is 5.06. The van der Waals surface area contributed by atoms with E-state index >= 15 is 0 Å². The van der Waals surface area contributed by atoms with Crippen LogP contribution in [0.15, 0.2) is 48.5 Å². The van der Waals surface area contributed by atoms with Crippen LogP contribution in [0.3, 0.4) is 0 Å². The van der Waals surface area contributed by atoms with Crippen molar-refractivity contribution in [1.29, 1.82) is 0 Å². The van der Waals surface area contributed by atoms with Gasteiger partial charge in [0, 0.05) is 23.4 Å². The smallest absolute Gasteiger partial charge is 0.268 e. The SMILES string of the molecule is O=C(N[C@H](C(=O)N[C@@H](C[C@@H]1CCNC1=O)C(=O)c1nc2ccccc2s1)C1CC1)c1cc2c(F)cccc2[nH]1. The number of aromatic nitrogens is 2. The number of H-pyrrole nitrogens is 1. The molecule has 9 nitrogen and oxygen atoms in total. The number of carbonyl (C=O) groups excluding carboxylic acids is 4. The number of rotatable bonds is 9. The van der Waals surface area contributed by atoms with Crippen LogP contribution in [0.5, 0.6) is 0 Å². The highest BCUT2D eigenvalue weighted by Gasteiger charge is 2.40. The number of aromatic amines is 1. The molecule has 200 valence electrons. The van der Waals surface area contributed by atoms with Gasteiger partial charge in [0.15, 0.2) is 5.01 Å². The summed E-state index contributed by atoms with van der Waals surface area (Å²) < 4.78 is 15.0. The lowest BCUT2D eigenvalue weighted by Gasteiger charge is -2.23. The van der Waals surface area contributed by atoms with Gasteiger partial charge in [-0.2, -0.15) is 0 Å². The van der Waals surface area contributed by atoms with E-state index < -0.39 is 35.6 Å². The molecular formula is C28H26FN5O4S. The number of amides is 3.